The molecule has 1 saturated heterocycles. The number of phenols is 1. The lowest BCUT2D eigenvalue weighted by atomic mass is 10.1. The summed E-state index contributed by atoms with van der Waals surface area (Å²) in [4.78, 5) is 12.8. The van der Waals surface area contributed by atoms with Gasteiger partial charge in [-0.05, 0) is 51.8 Å². The van der Waals surface area contributed by atoms with Crippen LogP contribution in [0.5, 0.6) is 5.75 Å². The van der Waals surface area contributed by atoms with Crippen LogP contribution in [0, 0.1) is 0 Å². The SMILES string of the molecule is CC(C)(C)OC(=O)N1CCC[C@@H](NS(=O)(=O)c2cc(O)cc(C(F)(F)F)c2)C1. The number of piperidine rings is 1. The number of sulfonamides is 1. The lowest BCUT2D eigenvalue weighted by Gasteiger charge is -2.34. The van der Waals surface area contributed by atoms with Crippen LogP contribution in [0.3, 0.4) is 0 Å². The first-order chi connectivity index (χ1) is 12.7. The second-order valence-corrected chi connectivity index (χ2v) is 9.31. The summed E-state index contributed by atoms with van der Waals surface area (Å²) >= 11 is 0. The third-order valence-electron chi connectivity index (χ3n) is 3.92. The number of nitrogens with zero attached hydrogens (tertiary/aromatic N) is 1. The van der Waals surface area contributed by atoms with E-state index in [4.69, 9.17) is 4.74 Å². The smallest absolute Gasteiger partial charge is 0.416 e. The molecule has 0 unspecified atom stereocenters. The first kappa shape index (κ1) is 22.3. The molecule has 0 spiro atoms. The monoisotopic (exact) mass is 424 g/mol. The molecule has 158 valence electrons. The van der Waals surface area contributed by atoms with Gasteiger partial charge in [-0.1, -0.05) is 0 Å². The zero-order valence-corrected chi connectivity index (χ0v) is 16.5. The van der Waals surface area contributed by atoms with E-state index in [0.29, 0.717) is 31.5 Å². The van der Waals surface area contributed by atoms with Crippen molar-refractivity contribution in [1.82, 2.24) is 9.62 Å². The molecule has 2 N–H and O–H groups in total. The fourth-order valence-corrected chi connectivity index (χ4v) is 4.08. The number of hydrogen-bond acceptors (Lipinski definition) is 5. The molecule has 11 heteroatoms. The predicted octanol–water partition coefficient (Wildman–Crippen LogP) is 3.09. The summed E-state index contributed by atoms with van der Waals surface area (Å²) in [5.74, 6) is -0.811. The summed E-state index contributed by atoms with van der Waals surface area (Å²) in [6.45, 7) is 5.52. The molecule has 1 atom stereocenters. The normalized spacial score (nSPS) is 18.8. The minimum Gasteiger partial charge on any atom is -0.508 e. The number of ether oxygens (including phenoxy) is 1. The van der Waals surface area contributed by atoms with Crippen LogP contribution < -0.4 is 4.72 Å². The van der Waals surface area contributed by atoms with E-state index in [-0.39, 0.29) is 6.54 Å². The first-order valence-corrected chi connectivity index (χ1v) is 10.1. The molecule has 0 radical (unpaired) electrons. The maximum absolute atomic E-state index is 12.9. The Morgan fingerprint density at radius 2 is 1.89 bits per heavy atom. The number of halogens is 3. The number of carbonyl (C=O) groups is 1. The van der Waals surface area contributed by atoms with Crippen LogP contribution >= 0.6 is 0 Å². The van der Waals surface area contributed by atoms with Gasteiger partial charge in [-0.3, -0.25) is 0 Å². The Morgan fingerprint density at radius 1 is 1.25 bits per heavy atom. The molecular weight excluding hydrogens is 401 g/mol. The fourth-order valence-electron chi connectivity index (χ4n) is 2.76. The van der Waals surface area contributed by atoms with Crippen molar-refractivity contribution in [3.05, 3.63) is 23.8 Å². The van der Waals surface area contributed by atoms with Gasteiger partial charge in [0, 0.05) is 19.1 Å². The zero-order valence-electron chi connectivity index (χ0n) is 15.7. The molecule has 7 nitrogen and oxygen atoms in total. The summed E-state index contributed by atoms with van der Waals surface area (Å²) < 4.78 is 71.3. The number of amides is 1. The highest BCUT2D eigenvalue weighted by Crippen LogP contribution is 2.33. The van der Waals surface area contributed by atoms with Gasteiger partial charge < -0.3 is 14.7 Å². The predicted molar refractivity (Wildman–Crippen MR) is 94.3 cm³/mol. The highest BCUT2D eigenvalue weighted by Gasteiger charge is 2.34. The van der Waals surface area contributed by atoms with Gasteiger partial charge in [0.05, 0.1) is 10.5 Å². The summed E-state index contributed by atoms with van der Waals surface area (Å²) in [6.07, 6.45) is -4.49. The van der Waals surface area contributed by atoms with E-state index in [1.54, 1.807) is 20.8 Å². The number of phenolic OH excluding ortho intramolecular Hbond substituents is 1. The number of likely N-dealkylation sites (tertiary alicyclic amines) is 1. The van der Waals surface area contributed by atoms with Crippen LogP contribution in [0.25, 0.3) is 0 Å². The maximum atomic E-state index is 12.9. The van der Waals surface area contributed by atoms with Crippen molar-refractivity contribution in [2.75, 3.05) is 13.1 Å². The number of benzene rings is 1. The molecule has 2 rings (SSSR count). The molecule has 1 aromatic carbocycles. The van der Waals surface area contributed by atoms with Gasteiger partial charge in [0.1, 0.15) is 11.4 Å². The van der Waals surface area contributed by atoms with E-state index in [0.717, 1.165) is 6.07 Å². The molecule has 28 heavy (non-hydrogen) atoms. The molecule has 0 bridgehead atoms. The maximum Gasteiger partial charge on any atom is 0.416 e. The Kier molecular flexibility index (Phi) is 6.19. The molecule has 1 aromatic rings. The molecule has 1 aliphatic heterocycles. The van der Waals surface area contributed by atoms with E-state index in [1.165, 1.54) is 4.90 Å². The summed E-state index contributed by atoms with van der Waals surface area (Å²) in [6, 6.07) is 0.954. The molecule has 1 aliphatic rings. The second-order valence-electron chi connectivity index (χ2n) is 7.60. The molecule has 0 saturated carbocycles. The van der Waals surface area contributed by atoms with Crippen LogP contribution in [0.2, 0.25) is 0 Å². The number of hydrogen-bond donors (Lipinski definition) is 2. The molecule has 1 heterocycles. The minimum absolute atomic E-state index is 0.0269. The van der Waals surface area contributed by atoms with Crippen LogP contribution in [-0.4, -0.2) is 49.2 Å². The van der Waals surface area contributed by atoms with Crippen molar-refractivity contribution >= 4 is 16.1 Å². The third-order valence-corrected chi connectivity index (χ3v) is 5.42. The van der Waals surface area contributed by atoms with Crippen molar-refractivity contribution in [2.24, 2.45) is 0 Å². The van der Waals surface area contributed by atoms with Crippen LogP contribution in [0.4, 0.5) is 18.0 Å². The molecule has 0 aromatic heterocycles. The fraction of sp³-hybridized carbons (Fsp3) is 0.588. The van der Waals surface area contributed by atoms with Gasteiger partial charge in [0.25, 0.3) is 0 Å². The Bertz CT molecular complexity index is 834. The Morgan fingerprint density at radius 3 is 2.46 bits per heavy atom. The number of nitrogens with one attached hydrogen (secondary N) is 1. The second kappa shape index (κ2) is 7.78. The molecule has 1 fully saturated rings. The number of carbonyl (C=O) groups excluding carboxylic acids is 1. The van der Waals surface area contributed by atoms with E-state index < -0.39 is 50.1 Å². The van der Waals surface area contributed by atoms with E-state index in [2.05, 4.69) is 4.72 Å². The lowest BCUT2D eigenvalue weighted by molar-refractivity contribution is -0.137. The van der Waals surface area contributed by atoms with Crippen LogP contribution in [0.1, 0.15) is 39.2 Å². The Hall–Kier alpha value is -2.01. The average molecular weight is 424 g/mol. The first-order valence-electron chi connectivity index (χ1n) is 8.59. The summed E-state index contributed by atoms with van der Waals surface area (Å²) in [5.41, 5.74) is -1.98. The van der Waals surface area contributed by atoms with Gasteiger partial charge >= 0.3 is 12.3 Å². The van der Waals surface area contributed by atoms with Gasteiger partial charge in [0.2, 0.25) is 10.0 Å². The Balaban J connectivity index is 2.16. The van der Waals surface area contributed by atoms with Crippen LogP contribution in [0.15, 0.2) is 23.1 Å². The molecule has 1 amide bonds. The van der Waals surface area contributed by atoms with Crippen molar-refractivity contribution in [3.63, 3.8) is 0 Å². The van der Waals surface area contributed by atoms with E-state index >= 15 is 0 Å². The van der Waals surface area contributed by atoms with Crippen molar-refractivity contribution in [1.29, 1.82) is 0 Å². The van der Waals surface area contributed by atoms with Crippen molar-refractivity contribution in [2.45, 2.75) is 56.3 Å². The molecular formula is C17H23F3N2O5S. The number of aromatic hydroxyl groups is 1. The largest absolute Gasteiger partial charge is 0.508 e. The highest BCUT2D eigenvalue weighted by atomic mass is 32.2. The van der Waals surface area contributed by atoms with E-state index in [9.17, 15) is 31.5 Å². The number of alkyl halides is 3. The molecule has 0 aliphatic carbocycles. The third kappa shape index (κ3) is 5.99. The quantitative estimate of drug-likeness (QED) is 0.778. The van der Waals surface area contributed by atoms with E-state index in [1.807, 2.05) is 0 Å². The van der Waals surface area contributed by atoms with Gasteiger partial charge in [-0.15, -0.1) is 0 Å². The van der Waals surface area contributed by atoms with Crippen LogP contribution in [-0.2, 0) is 20.9 Å². The average Bonchev–Trinajstić information content (AvgIpc) is 2.51. The van der Waals surface area contributed by atoms with Gasteiger partial charge in [-0.2, -0.15) is 13.2 Å². The van der Waals surface area contributed by atoms with Crippen molar-refractivity contribution in [3.8, 4) is 5.75 Å². The highest BCUT2D eigenvalue weighted by molar-refractivity contribution is 7.89. The number of rotatable bonds is 3. The van der Waals surface area contributed by atoms with Gasteiger partial charge in [-0.25, -0.2) is 17.9 Å². The van der Waals surface area contributed by atoms with Crippen molar-refractivity contribution < 1.29 is 36.2 Å². The standard InChI is InChI=1S/C17H23F3N2O5S/c1-16(2,3)27-15(24)22-6-4-5-12(10-22)21-28(25,26)14-8-11(17(18,19)20)7-13(23)9-14/h7-9,12,21,23H,4-6,10H2,1-3H3/t12-/m1/s1. The minimum atomic E-state index is -4.80. The topological polar surface area (TPSA) is 95.9 Å². The lowest BCUT2D eigenvalue weighted by Crippen LogP contribution is -2.50. The summed E-state index contributed by atoms with van der Waals surface area (Å²) in [5, 5.41) is 9.49. The van der Waals surface area contributed by atoms with Gasteiger partial charge in [0.15, 0.2) is 0 Å². The summed E-state index contributed by atoms with van der Waals surface area (Å²) in [7, 11) is -4.34. The Labute approximate surface area is 161 Å². The zero-order chi connectivity index (χ0) is 21.3.